The van der Waals surface area contributed by atoms with Gasteiger partial charge in [0.05, 0.1) is 11.4 Å². The van der Waals surface area contributed by atoms with Crippen LogP contribution < -0.4 is 0 Å². The summed E-state index contributed by atoms with van der Waals surface area (Å²) in [6.45, 7) is 1.77. The van der Waals surface area contributed by atoms with Gasteiger partial charge in [-0.05, 0) is 6.92 Å². The first kappa shape index (κ1) is 11.7. The summed E-state index contributed by atoms with van der Waals surface area (Å²) in [5.41, 5.74) is 3.26. The molecule has 0 saturated heterocycles. The highest BCUT2D eigenvalue weighted by atomic mass is 35.5. The number of aromatic nitrogens is 3. The molecule has 2 aromatic heterocycles. The highest BCUT2D eigenvalue weighted by Crippen LogP contribution is 2.24. The molecule has 19 heavy (non-hydrogen) atoms. The number of nitriles is 1. The van der Waals surface area contributed by atoms with Gasteiger partial charge in [0.15, 0.2) is 5.65 Å². The molecule has 0 N–H and O–H groups in total. The Labute approximate surface area is 114 Å². The first-order valence-electron chi connectivity index (χ1n) is 5.72. The summed E-state index contributed by atoms with van der Waals surface area (Å²) >= 11 is 6.21. The molecule has 2 heterocycles. The van der Waals surface area contributed by atoms with Crippen molar-refractivity contribution in [2.24, 2.45) is 0 Å². The van der Waals surface area contributed by atoms with E-state index in [1.165, 1.54) is 4.52 Å². The minimum atomic E-state index is 0.438. The number of fused-ring (bicyclic) bond motifs is 1. The molecule has 1 aromatic carbocycles. The predicted octanol–water partition coefficient (Wildman–Crippen LogP) is 3.23. The van der Waals surface area contributed by atoms with Crippen molar-refractivity contribution in [2.75, 3.05) is 0 Å². The van der Waals surface area contributed by atoms with Crippen LogP contribution in [0.5, 0.6) is 0 Å². The van der Waals surface area contributed by atoms with Crippen LogP contribution in [0.3, 0.4) is 0 Å². The van der Waals surface area contributed by atoms with Crippen molar-refractivity contribution < 1.29 is 0 Å². The average Bonchev–Trinajstić information content (AvgIpc) is 2.76. The number of benzene rings is 1. The summed E-state index contributed by atoms with van der Waals surface area (Å²) in [6, 6.07) is 13.6. The molecule has 92 valence electrons. The van der Waals surface area contributed by atoms with E-state index in [0.717, 1.165) is 11.3 Å². The summed E-state index contributed by atoms with van der Waals surface area (Å²) in [4.78, 5) is 4.49. The number of hydrogen-bond donors (Lipinski definition) is 0. The zero-order valence-electron chi connectivity index (χ0n) is 10.1. The molecule has 0 saturated carbocycles. The quantitative estimate of drug-likeness (QED) is 0.637. The van der Waals surface area contributed by atoms with Gasteiger partial charge in [0.1, 0.15) is 16.8 Å². The van der Waals surface area contributed by atoms with Crippen molar-refractivity contribution in [2.45, 2.75) is 6.92 Å². The predicted molar refractivity (Wildman–Crippen MR) is 72.9 cm³/mol. The number of aryl methyl sites for hydroxylation is 1. The Kier molecular flexibility index (Phi) is 2.69. The fourth-order valence-corrected chi connectivity index (χ4v) is 2.20. The lowest BCUT2D eigenvalue weighted by Gasteiger charge is -2.03. The normalized spacial score (nSPS) is 10.6. The van der Waals surface area contributed by atoms with Gasteiger partial charge in [0.25, 0.3) is 0 Å². The first-order chi connectivity index (χ1) is 9.20. The van der Waals surface area contributed by atoms with Crippen LogP contribution >= 0.6 is 11.6 Å². The van der Waals surface area contributed by atoms with E-state index in [-0.39, 0.29) is 0 Å². The molecule has 3 rings (SSSR count). The van der Waals surface area contributed by atoms with Crippen molar-refractivity contribution in [3.63, 3.8) is 0 Å². The van der Waals surface area contributed by atoms with E-state index in [9.17, 15) is 5.26 Å². The lowest BCUT2D eigenvalue weighted by Crippen LogP contribution is -1.95. The average molecular weight is 269 g/mol. The second kappa shape index (κ2) is 4.38. The van der Waals surface area contributed by atoms with Gasteiger partial charge >= 0.3 is 0 Å². The first-order valence-corrected chi connectivity index (χ1v) is 6.10. The van der Waals surface area contributed by atoms with Crippen LogP contribution in [0.25, 0.3) is 16.9 Å². The Morgan fingerprint density at radius 3 is 2.68 bits per heavy atom. The van der Waals surface area contributed by atoms with Gasteiger partial charge in [0, 0.05) is 11.6 Å². The molecule has 3 aromatic rings. The standard InChI is InChI=1S/C14H9ClN4/c1-9-11(8-16)14-17-12(7-13(15)19(14)18-9)10-5-3-2-4-6-10/h2-7H,1H3. The zero-order valence-corrected chi connectivity index (χ0v) is 10.9. The van der Waals surface area contributed by atoms with Crippen LogP contribution in [0.1, 0.15) is 11.3 Å². The molecular formula is C14H9ClN4. The number of halogens is 1. The van der Waals surface area contributed by atoms with Crippen molar-refractivity contribution in [1.82, 2.24) is 14.6 Å². The highest BCUT2D eigenvalue weighted by Gasteiger charge is 2.14. The maximum Gasteiger partial charge on any atom is 0.175 e. The van der Waals surface area contributed by atoms with Gasteiger partial charge in [0.2, 0.25) is 0 Å². The Hall–Kier alpha value is -2.38. The lowest BCUT2D eigenvalue weighted by atomic mass is 10.1. The van der Waals surface area contributed by atoms with Gasteiger partial charge in [-0.3, -0.25) is 0 Å². The molecule has 0 spiro atoms. The third-order valence-corrected chi connectivity index (χ3v) is 3.17. The lowest BCUT2D eigenvalue weighted by molar-refractivity contribution is 0.919. The van der Waals surface area contributed by atoms with Crippen LogP contribution in [0.15, 0.2) is 36.4 Å². The molecule has 0 unspecified atom stereocenters. The van der Waals surface area contributed by atoms with E-state index in [0.29, 0.717) is 22.1 Å². The molecule has 0 fully saturated rings. The van der Waals surface area contributed by atoms with Gasteiger partial charge < -0.3 is 0 Å². The summed E-state index contributed by atoms with van der Waals surface area (Å²) in [5.74, 6) is 0. The summed E-state index contributed by atoms with van der Waals surface area (Å²) in [7, 11) is 0. The minimum Gasteiger partial charge on any atom is -0.227 e. The monoisotopic (exact) mass is 268 g/mol. The van der Waals surface area contributed by atoms with Crippen LogP contribution in [-0.4, -0.2) is 14.6 Å². The number of rotatable bonds is 1. The maximum absolute atomic E-state index is 9.17. The third-order valence-electron chi connectivity index (χ3n) is 2.90. The van der Waals surface area contributed by atoms with E-state index < -0.39 is 0 Å². The summed E-state index contributed by atoms with van der Waals surface area (Å²) in [6.07, 6.45) is 0. The molecule has 0 aliphatic carbocycles. The van der Waals surface area contributed by atoms with Crippen molar-refractivity contribution in [3.8, 4) is 17.3 Å². The fraction of sp³-hybridized carbons (Fsp3) is 0.0714. The minimum absolute atomic E-state index is 0.438. The highest BCUT2D eigenvalue weighted by molar-refractivity contribution is 6.30. The molecule has 4 nitrogen and oxygen atoms in total. The molecule has 0 amide bonds. The van der Waals surface area contributed by atoms with Crippen molar-refractivity contribution >= 4 is 17.2 Å². The van der Waals surface area contributed by atoms with Gasteiger partial charge in [-0.15, -0.1) is 0 Å². The Bertz CT molecular complexity index is 800. The fourth-order valence-electron chi connectivity index (χ4n) is 1.98. The molecule has 5 heteroatoms. The second-order valence-corrected chi connectivity index (χ2v) is 4.53. The molecule has 0 radical (unpaired) electrons. The van der Waals surface area contributed by atoms with E-state index in [2.05, 4.69) is 16.2 Å². The van der Waals surface area contributed by atoms with Gasteiger partial charge in [-0.1, -0.05) is 41.9 Å². The molecule has 0 bridgehead atoms. The molecule has 0 aliphatic heterocycles. The van der Waals surface area contributed by atoms with E-state index >= 15 is 0 Å². The molecular weight excluding hydrogens is 260 g/mol. The largest absolute Gasteiger partial charge is 0.227 e. The second-order valence-electron chi connectivity index (χ2n) is 4.14. The molecule has 0 atom stereocenters. The third kappa shape index (κ3) is 1.85. The Morgan fingerprint density at radius 2 is 2.00 bits per heavy atom. The SMILES string of the molecule is Cc1nn2c(Cl)cc(-c3ccccc3)nc2c1C#N. The van der Waals surface area contributed by atoms with E-state index in [1.807, 2.05) is 30.3 Å². The number of hydrogen-bond acceptors (Lipinski definition) is 3. The smallest absolute Gasteiger partial charge is 0.175 e. The van der Waals surface area contributed by atoms with Crippen LogP contribution in [-0.2, 0) is 0 Å². The van der Waals surface area contributed by atoms with Gasteiger partial charge in [-0.25, -0.2) is 9.50 Å². The van der Waals surface area contributed by atoms with E-state index in [4.69, 9.17) is 11.6 Å². The van der Waals surface area contributed by atoms with Crippen LogP contribution in [0, 0.1) is 18.3 Å². The van der Waals surface area contributed by atoms with Crippen molar-refractivity contribution in [1.29, 1.82) is 5.26 Å². The summed E-state index contributed by atoms with van der Waals surface area (Å²) in [5, 5.41) is 13.8. The van der Waals surface area contributed by atoms with Crippen LogP contribution in [0.2, 0.25) is 5.15 Å². The topological polar surface area (TPSA) is 54.0 Å². The maximum atomic E-state index is 9.17. The molecule has 0 aliphatic rings. The Balaban J connectivity index is 2.33. The van der Waals surface area contributed by atoms with E-state index in [1.54, 1.807) is 13.0 Å². The Morgan fingerprint density at radius 1 is 1.26 bits per heavy atom. The number of nitrogens with zero attached hydrogens (tertiary/aromatic N) is 4. The van der Waals surface area contributed by atoms with Crippen LogP contribution in [0.4, 0.5) is 0 Å². The zero-order chi connectivity index (χ0) is 13.4. The summed E-state index contributed by atoms with van der Waals surface area (Å²) < 4.78 is 1.49. The van der Waals surface area contributed by atoms with Gasteiger partial charge in [-0.2, -0.15) is 10.4 Å². The van der Waals surface area contributed by atoms with Crippen molar-refractivity contribution in [3.05, 3.63) is 52.8 Å².